The van der Waals surface area contributed by atoms with Crippen molar-refractivity contribution in [3.63, 3.8) is 0 Å². The molecule has 2 aliphatic rings. The average molecular weight is 494 g/mol. The fraction of sp³-hybridized carbons (Fsp3) is 0.308. The van der Waals surface area contributed by atoms with Crippen molar-refractivity contribution in [2.45, 2.75) is 18.9 Å². The van der Waals surface area contributed by atoms with Crippen LogP contribution in [0, 0.1) is 17.6 Å². The molecular formula is C26H25F2N5O3. The minimum atomic E-state index is -1.03. The lowest BCUT2D eigenvalue weighted by atomic mass is 10.0. The normalized spacial score (nSPS) is 16.3. The Morgan fingerprint density at radius 1 is 0.944 bits per heavy atom. The van der Waals surface area contributed by atoms with Crippen molar-refractivity contribution in [2.24, 2.45) is 5.92 Å². The van der Waals surface area contributed by atoms with Crippen LogP contribution in [0.2, 0.25) is 0 Å². The fourth-order valence-electron chi connectivity index (χ4n) is 4.32. The van der Waals surface area contributed by atoms with Crippen LogP contribution in [0.5, 0.6) is 5.75 Å². The maximum atomic E-state index is 13.5. The zero-order chi connectivity index (χ0) is 25.1. The standard InChI is InChI=1S/C26H25F2N5O3/c27-23-6-1-17(13-24(23)28)25(34)32-11-8-22(9-12-32)36-21-4-2-19(3-5-21)33(20-7-10-30-31-16-20)26(35)18-14-29-15-18/h1-7,10,13,16,18,22,29H,8-9,11-12,14-15H2. The van der Waals surface area contributed by atoms with Crippen molar-refractivity contribution >= 4 is 23.2 Å². The Kier molecular flexibility index (Phi) is 6.86. The monoisotopic (exact) mass is 493 g/mol. The Bertz CT molecular complexity index is 1230. The van der Waals surface area contributed by atoms with Gasteiger partial charge in [-0.25, -0.2) is 8.78 Å². The van der Waals surface area contributed by atoms with Crippen LogP contribution in [0.3, 0.4) is 0 Å². The molecule has 2 amide bonds. The van der Waals surface area contributed by atoms with E-state index in [1.807, 2.05) is 24.3 Å². The van der Waals surface area contributed by atoms with Crippen molar-refractivity contribution in [1.29, 1.82) is 0 Å². The molecule has 0 atom stereocenters. The van der Waals surface area contributed by atoms with E-state index >= 15 is 0 Å². The summed E-state index contributed by atoms with van der Waals surface area (Å²) in [6.45, 7) is 2.19. The molecular weight excluding hydrogens is 468 g/mol. The van der Waals surface area contributed by atoms with Gasteiger partial charge in [-0.1, -0.05) is 0 Å². The van der Waals surface area contributed by atoms with Crippen molar-refractivity contribution in [3.05, 3.63) is 78.1 Å². The van der Waals surface area contributed by atoms with E-state index < -0.39 is 11.6 Å². The van der Waals surface area contributed by atoms with Crippen LogP contribution in [0.1, 0.15) is 23.2 Å². The van der Waals surface area contributed by atoms with Crippen LogP contribution in [-0.4, -0.2) is 59.2 Å². The second-order valence-corrected chi connectivity index (χ2v) is 8.86. The summed E-state index contributed by atoms with van der Waals surface area (Å²) < 4.78 is 32.8. The topological polar surface area (TPSA) is 87.7 Å². The van der Waals surface area contributed by atoms with Crippen LogP contribution in [0.15, 0.2) is 60.9 Å². The number of halogens is 2. The molecule has 2 aliphatic heterocycles. The number of benzene rings is 2. The van der Waals surface area contributed by atoms with Crippen molar-refractivity contribution in [2.75, 3.05) is 31.1 Å². The molecule has 2 fully saturated rings. The van der Waals surface area contributed by atoms with Crippen molar-refractivity contribution < 1.29 is 23.1 Å². The molecule has 186 valence electrons. The van der Waals surface area contributed by atoms with E-state index in [0.717, 1.165) is 12.1 Å². The SMILES string of the molecule is O=C(c1ccc(F)c(F)c1)N1CCC(Oc2ccc(N(C(=O)C3CNC3)c3ccnnc3)cc2)CC1. The number of carbonyl (C=O) groups is 2. The molecule has 2 saturated heterocycles. The van der Waals surface area contributed by atoms with Gasteiger partial charge in [0.25, 0.3) is 5.91 Å². The van der Waals surface area contributed by atoms with E-state index in [0.29, 0.717) is 56.1 Å². The molecule has 2 aromatic carbocycles. The second-order valence-electron chi connectivity index (χ2n) is 8.86. The molecule has 1 aromatic heterocycles. The highest BCUT2D eigenvalue weighted by atomic mass is 19.2. The van der Waals surface area contributed by atoms with Gasteiger partial charge >= 0.3 is 0 Å². The number of rotatable bonds is 6. The van der Waals surface area contributed by atoms with Gasteiger partial charge in [0, 0.05) is 50.3 Å². The lowest BCUT2D eigenvalue weighted by Crippen LogP contribution is -2.51. The maximum Gasteiger partial charge on any atom is 0.253 e. The Morgan fingerprint density at radius 2 is 1.69 bits per heavy atom. The third-order valence-electron chi connectivity index (χ3n) is 6.47. The Morgan fingerprint density at radius 3 is 2.31 bits per heavy atom. The molecule has 0 saturated carbocycles. The van der Waals surface area contributed by atoms with E-state index in [2.05, 4.69) is 15.5 Å². The van der Waals surface area contributed by atoms with Gasteiger partial charge in [0.1, 0.15) is 11.9 Å². The molecule has 36 heavy (non-hydrogen) atoms. The fourth-order valence-corrected chi connectivity index (χ4v) is 4.32. The molecule has 0 unspecified atom stereocenters. The maximum absolute atomic E-state index is 13.5. The largest absolute Gasteiger partial charge is 0.490 e. The molecule has 3 aromatic rings. The highest BCUT2D eigenvalue weighted by molar-refractivity contribution is 6.02. The first-order chi connectivity index (χ1) is 17.5. The van der Waals surface area contributed by atoms with Gasteiger partial charge in [0.05, 0.1) is 24.0 Å². The van der Waals surface area contributed by atoms with Crippen molar-refractivity contribution in [3.8, 4) is 5.75 Å². The van der Waals surface area contributed by atoms with Crippen molar-refractivity contribution in [1.82, 2.24) is 20.4 Å². The molecule has 10 heteroatoms. The summed E-state index contributed by atoms with van der Waals surface area (Å²) >= 11 is 0. The summed E-state index contributed by atoms with van der Waals surface area (Å²) in [5.41, 5.74) is 1.48. The number of anilines is 2. The number of piperidine rings is 1. The molecule has 0 spiro atoms. The Labute approximate surface area is 206 Å². The molecule has 0 bridgehead atoms. The number of likely N-dealkylation sites (tertiary alicyclic amines) is 1. The van der Waals surface area contributed by atoms with Gasteiger partial charge in [-0.15, -0.1) is 0 Å². The first kappa shape index (κ1) is 23.8. The number of hydrogen-bond acceptors (Lipinski definition) is 6. The third kappa shape index (κ3) is 5.03. The Balaban J connectivity index is 1.21. The summed E-state index contributed by atoms with van der Waals surface area (Å²) in [6.07, 6.45) is 4.24. The highest BCUT2D eigenvalue weighted by Crippen LogP contribution is 2.30. The minimum absolute atomic E-state index is 0.00602. The number of nitrogens with zero attached hydrogens (tertiary/aromatic N) is 4. The molecule has 8 nitrogen and oxygen atoms in total. The summed E-state index contributed by atoms with van der Waals surface area (Å²) in [5.74, 6) is -1.77. The number of amides is 2. The van der Waals surface area contributed by atoms with E-state index in [-0.39, 0.29) is 29.4 Å². The highest BCUT2D eigenvalue weighted by Gasteiger charge is 2.31. The molecule has 5 rings (SSSR count). The van der Waals surface area contributed by atoms with Crippen LogP contribution in [0.4, 0.5) is 20.2 Å². The van der Waals surface area contributed by atoms with Gasteiger partial charge in [0.15, 0.2) is 11.6 Å². The number of hydrogen-bond donors (Lipinski definition) is 1. The third-order valence-corrected chi connectivity index (χ3v) is 6.47. The van der Waals surface area contributed by atoms with Gasteiger partial charge in [0.2, 0.25) is 5.91 Å². The van der Waals surface area contributed by atoms with E-state index in [1.165, 1.54) is 6.07 Å². The average Bonchev–Trinajstić information content (AvgIpc) is 2.86. The first-order valence-corrected chi connectivity index (χ1v) is 11.8. The summed E-state index contributed by atoms with van der Waals surface area (Å²) in [7, 11) is 0. The van der Waals surface area contributed by atoms with Gasteiger partial charge in [-0.05, 0) is 48.5 Å². The van der Waals surface area contributed by atoms with E-state index in [1.54, 1.807) is 28.3 Å². The van der Waals surface area contributed by atoms with Crippen LogP contribution in [0.25, 0.3) is 0 Å². The Hall–Kier alpha value is -3.92. The molecule has 0 radical (unpaired) electrons. The second kappa shape index (κ2) is 10.4. The van der Waals surface area contributed by atoms with E-state index in [4.69, 9.17) is 4.74 Å². The zero-order valence-electron chi connectivity index (χ0n) is 19.4. The van der Waals surface area contributed by atoms with Crippen LogP contribution >= 0.6 is 0 Å². The number of aromatic nitrogens is 2. The number of carbonyl (C=O) groups excluding carboxylic acids is 2. The molecule has 3 heterocycles. The van der Waals surface area contributed by atoms with Crippen LogP contribution < -0.4 is 15.0 Å². The first-order valence-electron chi connectivity index (χ1n) is 11.8. The zero-order valence-corrected chi connectivity index (χ0v) is 19.4. The molecule has 1 N–H and O–H groups in total. The predicted octanol–water partition coefficient (Wildman–Crippen LogP) is 3.32. The minimum Gasteiger partial charge on any atom is -0.490 e. The number of ether oxygens (including phenoxy) is 1. The smallest absolute Gasteiger partial charge is 0.253 e. The van der Waals surface area contributed by atoms with Gasteiger partial charge in [-0.3, -0.25) is 14.5 Å². The number of nitrogens with one attached hydrogen (secondary N) is 1. The van der Waals surface area contributed by atoms with Gasteiger partial charge in [-0.2, -0.15) is 10.2 Å². The lowest BCUT2D eigenvalue weighted by Gasteiger charge is -2.33. The van der Waals surface area contributed by atoms with Crippen LogP contribution in [-0.2, 0) is 4.79 Å². The van der Waals surface area contributed by atoms with Gasteiger partial charge < -0.3 is 15.0 Å². The quantitative estimate of drug-likeness (QED) is 0.567. The summed E-state index contributed by atoms with van der Waals surface area (Å²) in [6, 6.07) is 12.2. The van der Waals surface area contributed by atoms with E-state index in [9.17, 15) is 18.4 Å². The summed E-state index contributed by atoms with van der Waals surface area (Å²) in [5, 5.41) is 10.8. The molecule has 0 aliphatic carbocycles. The summed E-state index contributed by atoms with van der Waals surface area (Å²) in [4.78, 5) is 29.0. The predicted molar refractivity (Wildman–Crippen MR) is 128 cm³/mol. The lowest BCUT2D eigenvalue weighted by molar-refractivity contribution is -0.123.